The highest BCUT2D eigenvalue weighted by atomic mass is 16.5. The molecule has 0 atom stereocenters. The summed E-state index contributed by atoms with van der Waals surface area (Å²) >= 11 is 0. The third-order valence-corrected chi connectivity index (χ3v) is 5.32. The molecule has 0 radical (unpaired) electrons. The third kappa shape index (κ3) is 7.38. The van der Waals surface area contributed by atoms with E-state index >= 15 is 0 Å². The second kappa shape index (κ2) is 11.7. The van der Waals surface area contributed by atoms with Gasteiger partial charge in [0, 0.05) is 12.8 Å². The standard InChI is InChI=1S/C27H30N2O4/c1-19-4-15-24(28-26(30)16-9-20-5-11-22(32-2)12-6-20)25(18-19)29-27(31)17-10-21-7-13-23(33-3)14-8-21/h4-8,11-15,18H,9-10,16-17H2,1-3H3,(H,28,30)(H,29,31). The van der Waals surface area contributed by atoms with Crippen LogP contribution < -0.4 is 20.1 Å². The Morgan fingerprint density at radius 1 is 0.667 bits per heavy atom. The van der Waals surface area contributed by atoms with Crippen molar-refractivity contribution in [2.75, 3.05) is 24.9 Å². The normalized spacial score (nSPS) is 10.4. The second-order valence-corrected chi connectivity index (χ2v) is 7.84. The van der Waals surface area contributed by atoms with Gasteiger partial charge in [-0.05, 0) is 72.9 Å². The molecule has 0 aliphatic heterocycles. The van der Waals surface area contributed by atoms with Gasteiger partial charge < -0.3 is 20.1 Å². The van der Waals surface area contributed by atoms with Gasteiger partial charge in [-0.3, -0.25) is 9.59 Å². The summed E-state index contributed by atoms with van der Waals surface area (Å²) in [6.07, 6.45) is 1.91. The molecule has 3 aromatic carbocycles. The summed E-state index contributed by atoms with van der Waals surface area (Å²) < 4.78 is 10.3. The minimum Gasteiger partial charge on any atom is -0.497 e. The minimum atomic E-state index is -0.108. The van der Waals surface area contributed by atoms with Gasteiger partial charge in [0.25, 0.3) is 0 Å². The number of benzene rings is 3. The van der Waals surface area contributed by atoms with Crippen molar-refractivity contribution < 1.29 is 19.1 Å². The Hall–Kier alpha value is -3.80. The van der Waals surface area contributed by atoms with Crippen molar-refractivity contribution in [3.8, 4) is 11.5 Å². The fraction of sp³-hybridized carbons (Fsp3) is 0.259. The fourth-order valence-electron chi connectivity index (χ4n) is 3.40. The van der Waals surface area contributed by atoms with Crippen LogP contribution in [-0.2, 0) is 22.4 Å². The van der Waals surface area contributed by atoms with Crippen molar-refractivity contribution in [3.05, 3.63) is 83.4 Å². The molecule has 3 aromatic rings. The number of amides is 2. The van der Waals surface area contributed by atoms with Crippen LogP contribution >= 0.6 is 0 Å². The third-order valence-electron chi connectivity index (χ3n) is 5.32. The van der Waals surface area contributed by atoms with Gasteiger partial charge in [0.15, 0.2) is 0 Å². The number of anilines is 2. The molecule has 3 rings (SSSR count). The van der Waals surface area contributed by atoms with Crippen molar-refractivity contribution in [1.29, 1.82) is 0 Å². The van der Waals surface area contributed by atoms with Crippen LogP contribution in [0.25, 0.3) is 0 Å². The number of nitrogens with one attached hydrogen (secondary N) is 2. The van der Waals surface area contributed by atoms with Crippen molar-refractivity contribution in [2.24, 2.45) is 0 Å². The Bertz CT molecular complexity index is 1080. The first-order chi connectivity index (χ1) is 16.0. The number of hydrogen-bond acceptors (Lipinski definition) is 4. The van der Waals surface area contributed by atoms with Gasteiger partial charge in [0.1, 0.15) is 11.5 Å². The van der Waals surface area contributed by atoms with E-state index < -0.39 is 0 Å². The SMILES string of the molecule is COc1ccc(CCC(=O)Nc2ccc(C)cc2NC(=O)CCc2ccc(OC)cc2)cc1. The van der Waals surface area contributed by atoms with Crippen LogP contribution in [-0.4, -0.2) is 26.0 Å². The van der Waals surface area contributed by atoms with Gasteiger partial charge in [0.05, 0.1) is 25.6 Å². The van der Waals surface area contributed by atoms with E-state index in [-0.39, 0.29) is 11.8 Å². The van der Waals surface area contributed by atoms with E-state index in [0.717, 1.165) is 28.2 Å². The summed E-state index contributed by atoms with van der Waals surface area (Å²) in [4.78, 5) is 25.1. The highest BCUT2D eigenvalue weighted by Gasteiger charge is 2.11. The summed E-state index contributed by atoms with van der Waals surface area (Å²) in [6.45, 7) is 1.95. The topological polar surface area (TPSA) is 76.7 Å². The van der Waals surface area contributed by atoms with Crippen LogP contribution in [0.2, 0.25) is 0 Å². The molecule has 0 bridgehead atoms. The Kier molecular flexibility index (Phi) is 8.47. The Labute approximate surface area is 194 Å². The van der Waals surface area contributed by atoms with Crippen molar-refractivity contribution >= 4 is 23.2 Å². The number of rotatable bonds is 10. The van der Waals surface area contributed by atoms with Crippen LogP contribution in [0.5, 0.6) is 11.5 Å². The van der Waals surface area contributed by atoms with E-state index in [0.29, 0.717) is 37.1 Å². The lowest BCUT2D eigenvalue weighted by Gasteiger charge is -2.14. The quantitative estimate of drug-likeness (QED) is 0.451. The van der Waals surface area contributed by atoms with Crippen LogP contribution in [0.1, 0.15) is 29.5 Å². The molecular formula is C27H30N2O4. The van der Waals surface area contributed by atoms with Gasteiger partial charge in [-0.1, -0.05) is 30.3 Å². The van der Waals surface area contributed by atoms with Crippen LogP contribution in [0.4, 0.5) is 11.4 Å². The molecule has 6 heteroatoms. The Morgan fingerprint density at radius 3 is 1.58 bits per heavy atom. The smallest absolute Gasteiger partial charge is 0.224 e. The van der Waals surface area contributed by atoms with E-state index in [1.54, 1.807) is 14.2 Å². The molecule has 0 heterocycles. The lowest BCUT2D eigenvalue weighted by atomic mass is 10.1. The highest BCUT2D eigenvalue weighted by molar-refractivity contribution is 5.99. The predicted octanol–water partition coefficient (Wildman–Crippen LogP) is 5.15. The molecule has 0 unspecified atom stereocenters. The fourth-order valence-corrected chi connectivity index (χ4v) is 3.40. The molecule has 0 aliphatic carbocycles. The number of hydrogen-bond donors (Lipinski definition) is 2. The average Bonchev–Trinajstić information content (AvgIpc) is 2.83. The average molecular weight is 447 g/mol. The number of carbonyl (C=O) groups excluding carboxylic acids is 2. The van der Waals surface area contributed by atoms with Crippen LogP contribution in [0.15, 0.2) is 66.7 Å². The van der Waals surface area contributed by atoms with Crippen molar-refractivity contribution in [2.45, 2.75) is 32.6 Å². The maximum atomic E-state index is 12.6. The van der Waals surface area contributed by atoms with Gasteiger partial charge in [-0.25, -0.2) is 0 Å². The largest absolute Gasteiger partial charge is 0.497 e. The zero-order chi connectivity index (χ0) is 23.6. The van der Waals surface area contributed by atoms with E-state index in [1.165, 1.54) is 0 Å². The zero-order valence-corrected chi connectivity index (χ0v) is 19.3. The first-order valence-corrected chi connectivity index (χ1v) is 10.9. The summed E-state index contributed by atoms with van der Waals surface area (Å²) in [5, 5.41) is 5.87. The van der Waals surface area contributed by atoms with Gasteiger partial charge >= 0.3 is 0 Å². The molecule has 0 aliphatic rings. The van der Waals surface area contributed by atoms with Crippen molar-refractivity contribution in [3.63, 3.8) is 0 Å². The molecule has 6 nitrogen and oxygen atoms in total. The lowest BCUT2D eigenvalue weighted by molar-refractivity contribution is -0.117. The summed E-state index contributed by atoms with van der Waals surface area (Å²) in [6, 6.07) is 20.9. The molecule has 0 saturated heterocycles. The van der Waals surface area contributed by atoms with E-state index in [4.69, 9.17) is 9.47 Å². The van der Waals surface area contributed by atoms with E-state index in [9.17, 15) is 9.59 Å². The van der Waals surface area contributed by atoms with E-state index in [1.807, 2.05) is 73.7 Å². The molecule has 0 spiro atoms. The second-order valence-electron chi connectivity index (χ2n) is 7.84. The molecule has 33 heavy (non-hydrogen) atoms. The maximum Gasteiger partial charge on any atom is 0.224 e. The van der Waals surface area contributed by atoms with Crippen LogP contribution in [0, 0.1) is 6.92 Å². The number of carbonyl (C=O) groups is 2. The summed E-state index contributed by atoms with van der Waals surface area (Å²) in [5.41, 5.74) is 4.31. The predicted molar refractivity (Wildman–Crippen MR) is 131 cm³/mol. The number of ether oxygens (including phenoxy) is 2. The molecular weight excluding hydrogens is 416 g/mol. The highest BCUT2D eigenvalue weighted by Crippen LogP contribution is 2.24. The summed E-state index contributed by atoms with van der Waals surface area (Å²) in [5.74, 6) is 1.36. The zero-order valence-electron chi connectivity index (χ0n) is 19.3. The molecule has 2 amide bonds. The van der Waals surface area contributed by atoms with Gasteiger partial charge in [0.2, 0.25) is 11.8 Å². The summed E-state index contributed by atoms with van der Waals surface area (Å²) in [7, 11) is 3.25. The van der Waals surface area contributed by atoms with E-state index in [2.05, 4.69) is 10.6 Å². The Morgan fingerprint density at radius 2 is 1.12 bits per heavy atom. The molecule has 0 saturated carbocycles. The monoisotopic (exact) mass is 446 g/mol. The first-order valence-electron chi connectivity index (χ1n) is 10.9. The first kappa shape index (κ1) is 23.9. The lowest BCUT2D eigenvalue weighted by Crippen LogP contribution is -2.17. The number of aryl methyl sites for hydroxylation is 3. The van der Waals surface area contributed by atoms with Crippen LogP contribution in [0.3, 0.4) is 0 Å². The molecule has 172 valence electrons. The number of methoxy groups -OCH3 is 2. The van der Waals surface area contributed by atoms with Gasteiger partial charge in [-0.15, -0.1) is 0 Å². The Balaban J connectivity index is 1.55. The van der Waals surface area contributed by atoms with Crippen molar-refractivity contribution in [1.82, 2.24) is 0 Å². The molecule has 0 fully saturated rings. The maximum absolute atomic E-state index is 12.6. The molecule has 2 N–H and O–H groups in total. The van der Waals surface area contributed by atoms with Gasteiger partial charge in [-0.2, -0.15) is 0 Å². The molecule has 0 aromatic heterocycles. The minimum absolute atomic E-state index is 0.106.